The molecule has 0 atom stereocenters. The summed E-state index contributed by atoms with van der Waals surface area (Å²) in [5, 5.41) is 0. The van der Waals surface area contributed by atoms with Crippen LogP contribution in [-0.2, 0) is 4.79 Å². The molecule has 0 saturated carbocycles. The topological polar surface area (TPSA) is 55.6 Å². The van der Waals surface area contributed by atoms with Gasteiger partial charge in [-0.25, -0.2) is 4.39 Å². The number of likely N-dealkylation sites (N-methyl/N-ethyl adjacent to an activating group) is 1. The van der Waals surface area contributed by atoms with Crippen molar-refractivity contribution in [2.75, 3.05) is 26.7 Å². The first-order valence-corrected chi connectivity index (χ1v) is 5.46. The lowest BCUT2D eigenvalue weighted by atomic mass is 10.3. The maximum atomic E-state index is 12.6. The molecule has 1 rings (SSSR count). The van der Waals surface area contributed by atoms with Gasteiger partial charge in [0.2, 0.25) is 5.91 Å². The van der Waals surface area contributed by atoms with Gasteiger partial charge in [0.05, 0.1) is 13.2 Å². The van der Waals surface area contributed by atoms with Crippen molar-refractivity contribution >= 4 is 5.91 Å². The van der Waals surface area contributed by atoms with Gasteiger partial charge in [-0.05, 0) is 30.7 Å². The minimum absolute atomic E-state index is 0.0231. The Morgan fingerprint density at radius 2 is 2.06 bits per heavy atom. The number of benzene rings is 1. The van der Waals surface area contributed by atoms with E-state index in [4.69, 9.17) is 10.5 Å². The van der Waals surface area contributed by atoms with Crippen LogP contribution in [0.25, 0.3) is 0 Å². The molecule has 0 fully saturated rings. The summed E-state index contributed by atoms with van der Waals surface area (Å²) in [6, 6.07) is 5.84. The van der Waals surface area contributed by atoms with Gasteiger partial charge in [0.1, 0.15) is 11.6 Å². The lowest BCUT2D eigenvalue weighted by Crippen LogP contribution is -2.33. The number of hydrogen-bond acceptors (Lipinski definition) is 3. The molecule has 1 amide bonds. The molecule has 1 aromatic carbocycles. The number of rotatable bonds is 6. The van der Waals surface area contributed by atoms with E-state index in [0.29, 0.717) is 25.3 Å². The molecular formula is C12H17FN2O2. The Morgan fingerprint density at radius 1 is 1.41 bits per heavy atom. The molecule has 0 radical (unpaired) electrons. The third kappa shape index (κ3) is 4.82. The highest BCUT2D eigenvalue weighted by Gasteiger charge is 2.04. The van der Waals surface area contributed by atoms with Crippen molar-refractivity contribution < 1.29 is 13.9 Å². The number of nitrogens with two attached hydrogens (primary N) is 1. The molecule has 0 saturated heterocycles. The summed E-state index contributed by atoms with van der Waals surface area (Å²) >= 11 is 0. The first kappa shape index (κ1) is 13.4. The van der Waals surface area contributed by atoms with E-state index < -0.39 is 0 Å². The van der Waals surface area contributed by atoms with E-state index >= 15 is 0 Å². The van der Waals surface area contributed by atoms with Crippen molar-refractivity contribution in [2.24, 2.45) is 5.73 Å². The Kier molecular flexibility index (Phi) is 5.42. The first-order chi connectivity index (χ1) is 8.13. The molecule has 0 spiro atoms. The van der Waals surface area contributed by atoms with Gasteiger partial charge >= 0.3 is 0 Å². The molecule has 4 nitrogen and oxygen atoms in total. The van der Waals surface area contributed by atoms with Crippen LogP contribution < -0.4 is 10.5 Å². The third-order valence-corrected chi connectivity index (χ3v) is 2.32. The highest BCUT2D eigenvalue weighted by atomic mass is 19.1. The van der Waals surface area contributed by atoms with Crippen LogP contribution in [0.3, 0.4) is 0 Å². The SMILES string of the molecule is CN(CCCOc1ccc(F)cc1)C(=O)CN. The zero-order valence-electron chi connectivity index (χ0n) is 9.86. The fraction of sp³-hybridized carbons (Fsp3) is 0.417. The Bertz CT molecular complexity index is 354. The summed E-state index contributed by atoms with van der Waals surface area (Å²) in [6.07, 6.45) is 0.708. The predicted octanol–water partition coefficient (Wildman–Crippen LogP) is 1.01. The van der Waals surface area contributed by atoms with Crippen LogP contribution in [0.2, 0.25) is 0 Å². The lowest BCUT2D eigenvalue weighted by molar-refractivity contribution is -0.128. The lowest BCUT2D eigenvalue weighted by Gasteiger charge is -2.16. The van der Waals surface area contributed by atoms with Crippen LogP contribution >= 0.6 is 0 Å². The molecule has 5 heteroatoms. The number of carbonyl (C=O) groups is 1. The number of hydrogen-bond donors (Lipinski definition) is 1. The average molecular weight is 240 g/mol. The van der Waals surface area contributed by atoms with Gasteiger partial charge in [-0.1, -0.05) is 0 Å². The monoisotopic (exact) mass is 240 g/mol. The van der Waals surface area contributed by atoms with Gasteiger partial charge in [0.25, 0.3) is 0 Å². The van der Waals surface area contributed by atoms with Crippen molar-refractivity contribution in [1.82, 2.24) is 4.90 Å². The molecular weight excluding hydrogens is 223 g/mol. The molecule has 94 valence electrons. The molecule has 0 aliphatic heterocycles. The van der Waals surface area contributed by atoms with Gasteiger partial charge in [-0.3, -0.25) is 4.79 Å². The van der Waals surface area contributed by atoms with E-state index in [1.807, 2.05) is 0 Å². The normalized spacial score (nSPS) is 10.1. The van der Waals surface area contributed by atoms with Gasteiger partial charge in [-0.15, -0.1) is 0 Å². The second kappa shape index (κ2) is 6.85. The Labute approximate surface area is 100 Å². The van der Waals surface area contributed by atoms with Crippen molar-refractivity contribution in [3.05, 3.63) is 30.1 Å². The molecule has 0 unspecified atom stereocenters. The molecule has 0 aromatic heterocycles. The standard InChI is InChI=1S/C12H17FN2O2/c1-15(12(16)9-14)7-2-8-17-11-5-3-10(13)4-6-11/h3-6H,2,7-9,14H2,1H3. The number of ether oxygens (including phenoxy) is 1. The number of halogens is 1. The highest BCUT2D eigenvalue weighted by Crippen LogP contribution is 2.11. The first-order valence-electron chi connectivity index (χ1n) is 5.46. The van der Waals surface area contributed by atoms with E-state index in [1.165, 1.54) is 12.1 Å². The van der Waals surface area contributed by atoms with E-state index in [-0.39, 0.29) is 18.3 Å². The Balaban J connectivity index is 2.20. The van der Waals surface area contributed by atoms with Crippen LogP contribution in [0.15, 0.2) is 24.3 Å². The number of carbonyl (C=O) groups excluding carboxylic acids is 1. The van der Waals surface area contributed by atoms with Crippen LogP contribution in [0.5, 0.6) is 5.75 Å². The van der Waals surface area contributed by atoms with Crippen LogP contribution in [0.4, 0.5) is 4.39 Å². The predicted molar refractivity (Wildman–Crippen MR) is 63.2 cm³/mol. The van der Waals surface area contributed by atoms with Gasteiger partial charge in [0.15, 0.2) is 0 Å². The highest BCUT2D eigenvalue weighted by molar-refractivity contribution is 5.77. The third-order valence-electron chi connectivity index (χ3n) is 2.32. The second-order valence-electron chi connectivity index (χ2n) is 3.68. The molecule has 0 bridgehead atoms. The molecule has 0 heterocycles. The summed E-state index contributed by atoms with van der Waals surface area (Å²) < 4.78 is 18.0. The summed E-state index contributed by atoms with van der Waals surface area (Å²) in [7, 11) is 1.70. The maximum Gasteiger partial charge on any atom is 0.236 e. The number of amides is 1. The number of nitrogens with zero attached hydrogens (tertiary/aromatic N) is 1. The second-order valence-corrected chi connectivity index (χ2v) is 3.68. The van der Waals surface area contributed by atoms with Gasteiger partial charge in [0, 0.05) is 13.6 Å². The zero-order chi connectivity index (χ0) is 12.7. The summed E-state index contributed by atoms with van der Waals surface area (Å²) in [5.74, 6) is 0.247. The van der Waals surface area contributed by atoms with E-state index in [2.05, 4.69) is 0 Å². The summed E-state index contributed by atoms with van der Waals surface area (Å²) in [5.41, 5.74) is 5.22. The zero-order valence-corrected chi connectivity index (χ0v) is 9.86. The fourth-order valence-corrected chi connectivity index (χ4v) is 1.30. The Hall–Kier alpha value is -1.62. The average Bonchev–Trinajstić information content (AvgIpc) is 2.35. The van der Waals surface area contributed by atoms with Gasteiger partial charge < -0.3 is 15.4 Å². The molecule has 0 aliphatic rings. The minimum atomic E-state index is -0.286. The van der Waals surface area contributed by atoms with Crippen molar-refractivity contribution in [2.45, 2.75) is 6.42 Å². The molecule has 2 N–H and O–H groups in total. The molecule has 1 aromatic rings. The smallest absolute Gasteiger partial charge is 0.236 e. The molecule has 17 heavy (non-hydrogen) atoms. The maximum absolute atomic E-state index is 12.6. The largest absolute Gasteiger partial charge is 0.494 e. The fourth-order valence-electron chi connectivity index (χ4n) is 1.30. The van der Waals surface area contributed by atoms with Crippen molar-refractivity contribution in [3.63, 3.8) is 0 Å². The minimum Gasteiger partial charge on any atom is -0.494 e. The van der Waals surface area contributed by atoms with Crippen LogP contribution in [0.1, 0.15) is 6.42 Å². The quantitative estimate of drug-likeness (QED) is 0.755. The summed E-state index contributed by atoms with van der Waals surface area (Å²) in [6.45, 7) is 1.10. The van der Waals surface area contributed by atoms with Crippen LogP contribution in [0, 0.1) is 5.82 Å². The van der Waals surface area contributed by atoms with E-state index in [0.717, 1.165) is 0 Å². The molecule has 0 aliphatic carbocycles. The summed E-state index contributed by atoms with van der Waals surface area (Å²) in [4.78, 5) is 12.7. The van der Waals surface area contributed by atoms with Crippen LogP contribution in [-0.4, -0.2) is 37.6 Å². The van der Waals surface area contributed by atoms with E-state index in [1.54, 1.807) is 24.1 Å². The Morgan fingerprint density at radius 3 is 2.65 bits per heavy atom. The van der Waals surface area contributed by atoms with Gasteiger partial charge in [-0.2, -0.15) is 0 Å². The van der Waals surface area contributed by atoms with Crippen molar-refractivity contribution in [1.29, 1.82) is 0 Å². The van der Waals surface area contributed by atoms with Crippen molar-refractivity contribution in [3.8, 4) is 5.75 Å². The van der Waals surface area contributed by atoms with E-state index in [9.17, 15) is 9.18 Å².